The molecule has 1 heterocycles. The van der Waals surface area contributed by atoms with E-state index in [1.165, 1.54) is 0 Å². The van der Waals surface area contributed by atoms with Gasteiger partial charge in [-0.1, -0.05) is 13.0 Å². The molecule has 0 bridgehead atoms. The third kappa shape index (κ3) is 1.48. The van der Waals surface area contributed by atoms with Crippen molar-refractivity contribution in [3.05, 3.63) is 29.3 Å². The Morgan fingerprint density at radius 1 is 1.43 bits per heavy atom. The van der Waals surface area contributed by atoms with Crippen LogP contribution < -0.4 is 10.5 Å². The SMILES string of the molecule is CCC1C=Cc2cc(N)c(C)cc2O1. The summed E-state index contributed by atoms with van der Waals surface area (Å²) in [5.74, 6) is 0.950. The lowest BCUT2D eigenvalue weighted by atomic mass is 10.0. The van der Waals surface area contributed by atoms with Crippen LogP contribution in [-0.4, -0.2) is 6.10 Å². The van der Waals surface area contributed by atoms with Gasteiger partial charge < -0.3 is 10.5 Å². The second-order valence-corrected chi connectivity index (χ2v) is 3.67. The zero-order chi connectivity index (χ0) is 10.1. The number of ether oxygens (including phenoxy) is 1. The van der Waals surface area contributed by atoms with Gasteiger partial charge in [0.05, 0.1) is 0 Å². The predicted molar refractivity (Wildman–Crippen MR) is 59.3 cm³/mol. The van der Waals surface area contributed by atoms with E-state index in [-0.39, 0.29) is 6.10 Å². The summed E-state index contributed by atoms with van der Waals surface area (Å²) in [6.45, 7) is 4.11. The van der Waals surface area contributed by atoms with Crippen molar-refractivity contribution in [1.29, 1.82) is 0 Å². The Labute approximate surface area is 84.4 Å². The molecule has 2 nitrogen and oxygen atoms in total. The lowest BCUT2D eigenvalue weighted by Crippen LogP contribution is -2.15. The highest BCUT2D eigenvalue weighted by molar-refractivity contribution is 5.66. The molecule has 0 fully saturated rings. The molecule has 14 heavy (non-hydrogen) atoms. The van der Waals surface area contributed by atoms with Crippen molar-refractivity contribution in [2.75, 3.05) is 5.73 Å². The molecule has 74 valence electrons. The summed E-state index contributed by atoms with van der Waals surface area (Å²) in [4.78, 5) is 0. The first-order chi connectivity index (χ1) is 6.70. The lowest BCUT2D eigenvalue weighted by Gasteiger charge is -2.21. The van der Waals surface area contributed by atoms with Crippen LogP contribution in [0.1, 0.15) is 24.5 Å². The minimum absolute atomic E-state index is 0.213. The Morgan fingerprint density at radius 2 is 2.21 bits per heavy atom. The van der Waals surface area contributed by atoms with Crippen LogP contribution in [0, 0.1) is 6.92 Å². The second kappa shape index (κ2) is 3.37. The number of fused-ring (bicyclic) bond motifs is 1. The van der Waals surface area contributed by atoms with Crippen LogP contribution in [0.3, 0.4) is 0 Å². The minimum atomic E-state index is 0.213. The number of aryl methyl sites for hydroxylation is 1. The van der Waals surface area contributed by atoms with Gasteiger partial charge in [-0.25, -0.2) is 0 Å². The molecule has 0 amide bonds. The van der Waals surface area contributed by atoms with Crippen LogP contribution in [0.2, 0.25) is 0 Å². The first-order valence-corrected chi connectivity index (χ1v) is 4.95. The summed E-state index contributed by atoms with van der Waals surface area (Å²) in [6.07, 6.45) is 5.38. The van der Waals surface area contributed by atoms with Gasteiger partial charge in [0, 0.05) is 11.3 Å². The summed E-state index contributed by atoms with van der Waals surface area (Å²) < 4.78 is 5.77. The Morgan fingerprint density at radius 3 is 2.93 bits per heavy atom. The van der Waals surface area contributed by atoms with Crippen molar-refractivity contribution in [1.82, 2.24) is 0 Å². The number of rotatable bonds is 1. The second-order valence-electron chi connectivity index (χ2n) is 3.67. The molecule has 0 saturated carbocycles. The zero-order valence-corrected chi connectivity index (χ0v) is 8.58. The van der Waals surface area contributed by atoms with Crippen LogP contribution in [-0.2, 0) is 0 Å². The van der Waals surface area contributed by atoms with Crippen LogP contribution in [0.4, 0.5) is 5.69 Å². The standard InChI is InChI=1S/C12H15NO/c1-3-10-5-4-9-7-11(13)8(2)6-12(9)14-10/h4-7,10H,3,13H2,1-2H3. The zero-order valence-electron chi connectivity index (χ0n) is 8.58. The van der Waals surface area contributed by atoms with E-state index in [1.807, 2.05) is 19.1 Å². The Hall–Kier alpha value is -1.44. The number of hydrogen-bond acceptors (Lipinski definition) is 2. The normalized spacial score (nSPS) is 18.9. The van der Waals surface area contributed by atoms with Gasteiger partial charge in [0.25, 0.3) is 0 Å². The summed E-state index contributed by atoms with van der Waals surface area (Å²) in [5.41, 5.74) is 8.81. The van der Waals surface area contributed by atoms with Gasteiger partial charge in [0.15, 0.2) is 0 Å². The van der Waals surface area contributed by atoms with Crippen LogP contribution in [0.15, 0.2) is 18.2 Å². The largest absolute Gasteiger partial charge is 0.486 e. The molecule has 0 radical (unpaired) electrons. The molecule has 2 rings (SSSR count). The van der Waals surface area contributed by atoms with Gasteiger partial charge in [-0.3, -0.25) is 0 Å². The van der Waals surface area contributed by atoms with Gasteiger partial charge in [-0.05, 0) is 37.1 Å². The fourth-order valence-corrected chi connectivity index (χ4v) is 1.58. The van der Waals surface area contributed by atoms with Crippen molar-refractivity contribution in [2.45, 2.75) is 26.4 Å². The molecule has 1 aliphatic heterocycles. The molecule has 0 saturated heterocycles. The third-order valence-corrected chi connectivity index (χ3v) is 2.57. The maximum absolute atomic E-state index is 5.82. The van der Waals surface area contributed by atoms with E-state index in [2.05, 4.69) is 19.1 Å². The number of benzene rings is 1. The van der Waals surface area contributed by atoms with E-state index in [1.54, 1.807) is 0 Å². The van der Waals surface area contributed by atoms with Gasteiger partial charge in [-0.2, -0.15) is 0 Å². The molecule has 1 aliphatic rings. The van der Waals surface area contributed by atoms with E-state index < -0.39 is 0 Å². The maximum atomic E-state index is 5.82. The van der Waals surface area contributed by atoms with Gasteiger partial charge in [-0.15, -0.1) is 0 Å². The number of hydrogen-bond donors (Lipinski definition) is 1. The fraction of sp³-hybridized carbons (Fsp3) is 0.333. The maximum Gasteiger partial charge on any atom is 0.127 e. The predicted octanol–water partition coefficient (Wildman–Crippen LogP) is 2.76. The Kier molecular flexibility index (Phi) is 2.20. The highest BCUT2D eigenvalue weighted by atomic mass is 16.5. The average molecular weight is 189 g/mol. The van der Waals surface area contributed by atoms with Gasteiger partial charge in [0.1, 0.15) is 11.9 Å². The van der Waals surface area contributed by atoms with E-state index >= 15 is 0 Å². The molecule has 1 unspecified atom stereocenters. The quantitative estimate of drug-likeness (QED) is 0.689. The molecule has 0 aliphatic carbocycles. The summed E-state index contributed by atoms with van der Waals surface area (Å²) >= 11 is 0. The number of nitrogen functional groups attached to an aromatic ring is 1. The van der Waals surface area contributed by atoms with Crippen LogP contribution >= 0.6 is 0 Å². The third-order valence-electron chi connectivity index (χ3n) is 2.57. The molecule has 0 spiro atoms. The van der Waals surface area contributed by atoms with Crippen molar-refractivity contribution < 1.29 is 4.74 Å². The first-order valence-electron chi connectivity index (χ1n) is 4.95. The van der Waals surface area contributed by atoms with Gasteiger partial charge in [0.2, 0.25) is 0 Å². The number of nitrogens with two attached hydrogens (primary N) is 1. The Bertz CT molecular complexity index is 382. The van der Waals surface area contributed by atoms with E-state index in [4.69, 9.17) is 10.5 Å². The molecule has 2 heteroatoms. The van der Waals surface area contributed by atoms with Crippen molar-refractivity contribution >= 4 is 11.8 Å². The monoisotopic (exact) mass is 189 g/mol. The van der Waals surface area contributed by atoms with Crippen molar-refractivity contribution in [3.63, 3.8) is 0 Å². The van der Waals surface area contributed by atoms with E-state index in [0.29, 0.717) is 0 Å². The summed E-state index contributed by atoms with van der Waals surface area (Å²) in [6, 6.07) is 3.98. The minimum Gasteiger partial charge on any atom is -0.486 e. The molecule has 0 aromatic heterocycles. The fourth-order valence-electron chi connectivity index (χ4n) is 1.58. The highest BCUT2D eigenvalue weighted by Gasteiger charge is 2.13. The van der Waals surface area contributed by atoms with Crippen molar-refractivity contribution in [2.24, 2.45) is 0 Å². The highest BCUT2D eigenvalue weighted by Crippen LogP contribution is 2.30. The number of anilines is 1. The van der Waals surface area contributed by atoms with Crippen molar-refractivity contribution in [3.8, 4) is 5.75 Å². The van der Waals surface area contributed by atoms with Crippen LogP contribution in [0.25, 0.3) is 6.08 Å². The summed E-state index contributed by atoms with van der Waals surface area (Å²) in [7, 11) is 0. The topological polar surface area (TPSA) is 35.2 Å². The van der Waals surface area contributed by atoms with E-state index in [9.17, 15) is 0 Å². The molecular formula is C12H15NO. The average Bonchev–Trinajstić information content (AvgIpc) is 2.19. The Balaban J connectivity index is 2.41. The molecule has 1 atom stereocenters. The van der Waals surface area contributed by atoms with Gasteiger partial charge >= 0.3 is 0 Å². The van der Waals surface area contributed by atoms with E-state index in [0.717, 1.165) is 29.0 Å². The molecule has 1 aromatic rings. The smallest absolute Gasteiger partial charge is 0.127 e. The molecule has 1 aromatic carbocycles. The lowest BCUT2D eigenvalue weighted by molar-refractivity contribution is 0.241. The molecular weight excluding hydrogens is 174 g/mol. The van der Waals surface area contributed by atoms with Crippen LogP contribution in [0.5, 0.6) is 5.75 Å². The summed E-state index contributed by atoms with van der Waals surface area (Å²) in [5, 5.41) is 0. The first kappa shape index (κ1) is 9.13. The molecule has 2 N–H and O–H groups in total.